The van der Waals surface area contributed by atoms with Crippen LogP contribution in [0.2, 0.25) is 0 Å². The van der Waals surface area contributed by atoms with Crippen LogP contribution >= 0.6 is 11.6 Å². The molecule has 1 aliphatic rings. The summed E-state index contributed by atoms with van der Waals surface area (Å²) < 4.78 is 5.38. The molecule has 2 nitrogen and oxygen atoms in total. The highest BCUT2D eigenvalue weighted by atomic mass is 35.5. The minimum Gasteiger partial charge on any atom is -0.493 e. The molecule has 0 saturated carbocycles. The summed E-state index contributed by atoms with van der Waals surface area (Å²) in [6.07, 6.45) is 0.303. The lowest BCUT2D eigenvalue weighted by atomic mass is 10.0. The van der Waals surface area contributed by atoms with Gasteiger partial charge < -0.3 is 9.84 Å². The van der Waals surface area contributed by atoms with E-state index in [9.17, 15) is 5.11 Å². The van der Waals surface area contributed by atoms with Crippen molar-refractivity contribution >= 4 is 11.6 Å². The van der Waals surface area contributed by atoms with Crippen LogP contribution in [0.3, 0.4) is 0 Å². The Kier molecular flexibility index (Phi) is 2.42. The van der Waals surface area contributed by atoms with Crippen molar-refractivity contribution in [1.29, 1.82) is 0 Å². The third-order valence-electron chi connectivity index (χ3n) is 2.28. The molecule has 0 bridgehead atoms. The van der Waals surface area contributed by atoms with Gasteiger partial charge in [0.05, 0.1) is 18.6 Å². The molecule has 0 saturated heterocycles. The highest BCUT2D eigenvalue weighted by Crippen LogP contribution is 2.31. The Hall–Kier alpha value is -0.730. The Morgan fingerprint density at radius 1 is 1.54 bits per heavy atom. The van der Waals surface area contributed by atoms with Gasteiger partial charge in [0.1, 0.15) is 5.75 Å². The summed E-state index contributed by atoms with van der Waals surface area (Å²) in [6, 6.07) is 5.71. The number of hydrogen-bond donors (Lipinski definition) is 1. The molecule has 13 heavy (non-hydrogen) atoms. The fraction of sp³-hybridized carbons (Fsp3) is 0.400. The number of fused-ring (bicyclic) bond motifs is 1. The first-order valence-electron chi connectivity index (χ1n) is 4.31. The minimum atomic E-state index is -0.571. The van der Waals surface area contributed by atoms with Gasteiger partial charge in [-0.25, -0.2) is 0 Å². The van der Waals surface area contributed by atoms with E-state index >= 15 is 0 Å². The van der Waals surface area contributed by atoms with Crippen LogP contribution in [0.5, 0.6) is 5.75 Å². The summed E-state index contributed by atoms with van der Waals surface area (Å²) in [5.41, 5.74) is 2.01. The smallest absolute Gasteiger partial charge is 0.122 e. The van der Waals surface area contributed by atoms with E-state index in [-0.39, 0.29) is 5.88 Å². The maximum absolute atomic E-state index is 9.61. The molecular formula is C10H11ClO2. The fourth-order valence-corrected chi connectivity index (χ4v) is 1.81. The molecular weight excluding hydrogens is 188 g/mol. The van der Waals surface area contributed by atoms with Crippen LogP contribution in [0.15, 0.2) is 18.2 Å². The van der Waals surface area contributed by atoms with Gasteiger partial charge in [-0.15, -0.1) is 11.6 Å². The summed E-state index contributed by atoms with van der Waals surface area (Å²) in [7, 11) is 0. The van der Waals surface area contributed by atoms with Gasteiger partial charge in [-0.3, -0.25) is 0 Å². The maximum atomic E-state index is 9.61. The molecule has 0 radical (unpaired) electrons. The van der Waals surface area contributed by atoms with E-state index in [1.54, 1.807) is 0 Å². The molecule has 0 unspecified atom stereocenters. The van der Waals surface area contributed by atoms with Crippen LogP contribution < -0.4 is 4.74 Å². The van der Waals surface area contributed by atoms with Crippen molar-refractivity contribution in [3.63, 3.8) is 0 Å². The molecule has 0 amide bonds. The second kappa shape index (κ2) is 3.56. The molecule has 3 heteroatoms. The van der Waals surface area contributed by atoms with Crippen LogP contribution in [-0.2, 0) is 6.42 Å². The SMILES string of the molecule is O[C@@H](CCl)c1cccc2c1CCO2. The predicted molar refractivity (Wildman–Crippen MR) is 51.3 cm³/mol. The number of alkyl halides is 1. The van der Waals surface area contributed by atoms with Gasteiger partial charge in [0.25, 0.3) is 0 Å². The van der Waals surface area contributed by atoms with Crippen molar-refractivity contribution in [1.82, 2.24) is 0 Å². The van der Waals surface area contributed by atoms with Gasteiger partial charge in [0.15, 0.2) is 0 Å². The van der Waals surface area contributed by atoms with Gasteiger partial charge >= 0.3 is 0 Å². The summed E-state index contributed by atoms with van der Waals surface area (Å²) >= 11 is 5.60. The summed E-state index contributed by atoms with van der Waals surface area (Å²) in [5.74, 6) is 1.12. The Morgan fingerprint density at radius 3 is 3.15 bits per heavy atom. The number of aliphatic hydroxyl groups excluding tert-OH is 1. The van der Waals surface area contributed by atoms with Crippen molar-refractivity contribution in [3.05, 3.63) is 29.3 Å². The third-order valence-corrected chi connectivity index (χ3v) is 2.58. The number of benzene rings is 1. The van der Waals surface area contributed by atoms with Gasteiger partial charge in [0, 0.05) is 12.0 Å². The van der Waals surface area contributed by atoms with E-state index in [2.05, 4.69) is 0 Å². The van der Waals surface area contributed by atoms with E-state index in [1.807, 2.05) is 18.2 Å². The quantitative estimate of drug-likeness (QED) is 0.736. The van der Waals surface area contributed by atoms with Crippen molar-refractivity contribution in [2.24, 2.45) is 0 Å². The largest absolute Gasteiger partial charge is 0.493 e. The van der Waals surface area contributed by atoms with Crippen LogP contribution in [0.4, 0.5) is 0 Å². The molecule has 1 heterocycles. The topological polar surface area (TPSA) is 29.5 Å². The number of halogens is 1. The first-order valence-corrected chi connectivity index (χ1v) is 4.85. The van der Waals surface area contributed by atoms with Crippen LogP contribution in [0, 0.1) is 0 Å². The Balaban J connectivity index is 2.41. The van der Waals surface area contributed by atoms with E-state index in [1.165, 1.54) is 0 Å². The van der Waals surface area contributed by atoms with Crippen LogP contribution in [0.1, 0.15) is 17.2 Å². The Bertz CT molecular complexity index is 312. The van der Waals surface area contributed by atoms with Crippen molar-refractivity contribution in [3.8, 4) is 5.75 Å². The molecule has 1 N–H and O–H groups in total. The average molecular weight is 199 g/mol. The van der Waals surface area contributed by atoms with E-state index in [0.717, 1.165) is 23.3 Å². The molecule has 0 aliphatic carbocycles. The number of rotatable bonds is 2. The third kappa shape index (κ3) is 1.52. The minimum absolute atomic E-state index is 0.233. The molecule has 0 fully saturated rings. The zero-order chi connectivity index (χ0) is 9.26. The monoisotopic (exact) mass is 198 g/mol. The van der Waals surface area contributed by atoms with Crippen molar-refractivity contribution in [2.75, 3.05) is 12.5 Å². The number of aliphatic hydroxyl groups is 1. The Labute approximate surface area is 82.1 Å². The second-order valence-electron chi connectivity index (χ2n) is 3.09. The predicted octanol–water partition coefficient (Wildman–Crippen LogP) is 1.89. The zero-order valence-electron chi connectivity index (χ0n) is 7.16. The fourth-order valence-electron chi connectivity index (χ4n) is 1.64. The summed E-state index contributed by atoms with van der Waals surface area (Å²) in [4.78, 5) is 0. The molecule has 1 atom stereocenters. The highest BCUT2D eigenvalue weighted by Gasteiger charge is 2.19. The zero-order valence-corrected chi connectivity index (χ0v) is 7.92. The first-order chi connectivity index (χ1) is 6.33. The highest BCUT2D eigenvalue weighted by molar-refractivity contribution is 6.18. The van der Waals surface area contributed by atoms with Gasteiger partial charge in [-0.1, -0.05) is 12.1 Å². The lowest BCUT2D eigenvalue weighted by Gasteiger charge is -2.10. The number of ether oxygens (including phenoxy) is 1. The molecule has 0 spiro atoms. The Morgan fingerprint density at radius 2 is 2.38 bits per heavy atom. The van der Waals surface area contributed by atoms with E-state index in [0.29, 0.717) is 6.61 Å². The first kappa shape index (κ1) is 8.85. The number of hydrogen-bond acceptors (Lipinski definition) is 2. The molecule has 2 rings (SSSR count). The molecule has 1 aromatic rings. The maximum Gasteiger partial charge on any atom is 0.122 e. The lowest BCUT2D eigenvalue weighted by molar-refractivity contribution is 0.201. The van der Waals surface area contributed by atoms with Gasteiger partial charge in [-0.05, 0) is 11.6 Å². The van der Waals surface area contributed by atoms with Crippen molar-refractivity contribution < 1.29 is 9.84 Å². The van der Waals surface area contributed by atoms with Crippen LogP contribution in [0.25, 0.3) is 0 Å². The summed E-state index contributed by atoms with van der Waals surface area (Å²) in [5, 5.41) is 9.61. The molecule has 0 aromatic heterocycles. The van der Waals surface area contributed by atoms with Gasteiger partial charge in [0.2, 0.25) is 0 Å². The molecule has 70 valence electrons. The average Bonchev–Trinajstić information content (AvgIpc) is 2.63. The lowest BCUT2D eigenvalue weighted by Crippen LogP contribution is -2.01. The normalized spacial score (nSPS) is 16.5. The van der Waals surface area contributed by atoms with Crippen molar-refractivity contribution in [2.45, 2.75) is 12.5 Å². The summed E-state index contributed by atoms with van der Waals surface area (Å²) in [6.45, 7) is 0.710. The van der Waals surface area contributed by atoms with Crippen LogP contribution in [-0.4, -0.2) is 17.6 Å². The van der Waals surface area contributed by atoms with E-state index in [4.69, 9.17) is 16.3 Å². The molecule has 1 aliphatic heterocycles. The van der Waals surface area contributed by atoms with E-state index < -0.39 is 6.10 Å². The molecule has 1 aromatic carbocycles. The van der Waals surface area contributed by atoms with Gasteiger partial charge in [-0.2, -0.15) is 0 Å². The second-order valence-corrected chi connectivity index (χ2v) is 3.40. The standard InChI is InChI=1S/C10H11ClO2/c11-6-9(12)7-2-1-3-10-8(7)4-5-13-10/h1-3,9,12H,4-6H2/t9-/m0/s1.